The number of rotatable bonds is 3. The molecule has 0 saturated heterocycles. The SMILES string of the molecule is Cc1cc(C(N)CC2CCOc3ccccc32)ccc1F. The van der Waals surface area contributed by atoms with Crippen LogP contribution in [0.1, 0.15) is 41.5 Å². The van der Waals surface area contributed by atoms with Crippen molar-refractivity contribution >= 4 is 0 Å². The molecule has 21 heavy (non-hydrogen) atoms. The van der Waals surface area contributed by atoms with E-state index in [0.717, 1.165) is 30.8 Å². The molecule has 2 N–H and O–H groups in total. The van der Waals surface area contributed by atoms with Gasteiger partial charge in [0.1, 0.15) is 11.6 Å². The Morgan fingerprint density at radius 1 is 1.29 bits per heavy atom. The summed E-state index contributed by atoms with van der Waals surface area (Å²) in [5.41, 5.74) is 9.22. The summed E-state index contributed by atoms with van der Waals surface area (Å²) in [6, 6.07) is 13.2. The highest BCUT2D eigenvalue weighted by Crippen LogP contribution is 2.38. The summed E-state index contributed by atoms with van der Waals surface area (Å²) in [6.07, 6.45) is 1.83. The number of ether oxygens (including phenoxy) is 1. The number of nitrogens with two attached hydrogens (primary N) is 1. The van der Waals surface area contributed by atoms with Gasteiger partial charge in [-0.2, -0.15) is 0 Å². The fourth-order valence-corrected chi connectivity index (χ4v) is 3.00. The molecule has 0 spiro atoms. The lowest BCUT2D eigenvalue weighted by molar-refractivity contribution is 0.259. The summed E-state index contributed by atoms with van der Waals surface area (Å²) >= 11 is 0. The number of para-hydroxylation sites is 1. The number of hydrogen-bond acceptors (Lipinski definition) is 2. The molecule has 1 aliphatic heterocycles. The molecule has 1 heterocycles. The average molecular weight is 285 g/mol. The highest BCUT2D eigenvalue weighted by atomic mass is 19.1. The summed E-state index contributed by atoms with van der Waals surface area (Å²) in [4.78, 5) is 0. The number of hydrogen-bond donors (Lipinski definition) is 1. The molecular weight excluding hydrogens is 265 g/mol. The van der Waals surface area contributed by atoms with Gasteiger partial charge in [-0.15, -0.1) is 0 Å². The molecule has 2 atom stereocenters. The van der Waals surface area contributed by atoms with Gasteiger partial charge in [0.15, 0.2) is 0 Å². The van der Waals surface area contributed by atoms with Crippen LogP contribution in [0, 0.1) is 12.7 Å². The van der Waals surface area contributed by atoms with Gasteiger partial charge >= 0.3 is 0 Å². The van der Waals surface area contributed by atoms with E-state index < -0.39 is 0 Å². The van der Waals surface area contributed by atoms with Crippen LogP contribution in [0.25, 0.3) is 0 Å². The minimum Gasteiger partial charge on any atom is -0.493 e. The van der Waals surface area contributed by atoms with Crippen LogP contribution in [0.15, 0.2) is 42.5 Å². The van der Waals surface area contributed by atoms with Crippen molar-refractivity contribution in [2.75, 3.05) is 6.61 Å². The van der Waals surface area contributed by atoms with Crippen LogP contribution in [0.2, 0.25) is 0 Å². The van der Waals surface area contributed by atoms with Crippen molar-refractivity contribution in [1.82, 2.24) is 0 Å². The lowest BCUT2D eigenvalue weighted by atomic mass is 9.85. The van der Waals surface area contributed by atoms with Gasteiger partial charge < -0.3 is 10.5 Å². The maximum absolute atomic E-state index is 13.4. The average Bonchev–Trinajstić information content (AvgIpc) is 2.50. The quantitative estimate of drug-likeness (QED) is 0.922. The Bertz CT molecular complexity index is 641. The largest absolute Gasteiger partial charge is 0.493 e. The van der Waals surface area contributed by atoms with Crippen molar-refractivity contribution < 1.29 is 9.13 Å². The second kappa shape index (κ2) is 5.86. The zero-order valence-corrected chi connectivity index (χ0v) is 12.2. The third-order valence-electron chi connectivity index (χ3n) is 4.23. The molecule has 0 aliphatic carbocycles. The number of halogens is 1. The molecule has 0 radical (unpaired) electrons. The van der Waals surface area contributed by atoms with Gasteiger partial charge in [0, 0.05) is 6.04 Å². The zero-order chi connectivity index (χ0) is 14.8. The van der Waals surface area contributed by atoms with E-state index in [0.29, 0.717) is 11.5 Å². The summed E-state index contributed by atoms with van der Waals surface area (Å²) < 4.78 is 19.0. The Morgan fingerprint density at radius 3 is 2.90 bits per heavy atom. The standard InChI is InChI=1S/C18H20FNO/c1-12-10-14(6-7-16(12)19)17(20)11-13-8-9-21-18-5-3-2-4-15(13)18/h2-7,10,13,17H,8-9,11,20H2,1H3. The molecule has 3 rings (SSSR count). The predicted molar refractivity (Wildman–Crippen MR) is 82.0 cm³/mol. The first kappa shape index (κ1) is 14.1. The summed E-state index contributed by atoms with van der Waals surface area (Å²) in [5.74, 6) is 1.19. The molecule has 0 saturated carbocycles. The predicted octanol–water partition coefficient (Wildman–Crippen LogP) is 4.09. The van der Waals surface area contributed by atoms with Crippen LogP contribution >= 0.6 is 0 Å². The van der Waals surface area contributed by atoms with E-state index in [9.17, 15) is 4.39 Å². The van der Waals surface area contributed by atoms with Crippen molar-refractivity contribution in [3.8, 4) is 5.75 Å². The third kappa shape index (κ3) is 2.93. The number of benzene rings is 2. The maximum Gasteiger partial charge on any atom is 0.126 e. The molecule has 0 bridgehead atoms. The molecule has 110 valence electrons. The monoisotopic (exact) mass is 285 g/mol. The van der Waals surface area contributed by atoms with E-state index in [2.05, 4.69) is 6.07 Å². The first-order valence-corrected chi connectivity index (χ1v) is 7.38. The molecule has 0 fully saturated rings. The summed E-state index contributed by atoms with van der Waals surface area (Å²) in [7, 11) is 0. The Morgan fingerprint density at radius 2 is 2.10 bits per heavy atom. The minimum absolute atomic E-state index is 0.0829. The van der Waals surface area contributed by atoms with Crippen molar-refractivity contribution in [3.05, 3.63) is 65.0 Å². The van der Waals surface area contributed by atoms with Crippen LogP contribution in [0.5, 0.6) is 5.75 Å². The van der Waals surface area contributed by atoms with E-state index in [4.69, 9.17) is 10.5 Å². The normalized spacial score (nSPS) is 18.7. The first-order chi connectivity index (χ1) is 10.1. The number of fused-ring (bicyclic) bond motifs is 1. The van der Waals surface area contributed by atoms with Crippen LogP contribution in [0.3, 0.4) is 0 Å². The highest BCUT2D eigenvalue weighted by molar-refractivity contribution is 5.38. The Hall–Kier alpha value is -1.87. The molecule has 2 aromatic carbocycles. The van der Waals surface area contributed by atoms with E-state index >= 15 is 0 Å². The fraction of sp³-hybridized carbons (Fsp3) is 0.333. The topological polar surface area (TPSA) is 35.2 Å². The van der Waals surface area contributed by atoms with Gasteiger partial charge in [0.2, 0.25) is 0 Å². The molecule has 3 heteroatoms. The van der Waals surface area contributed by atoms with E-state index in [1.165, 1.54) is 11.6 Å². The summed E-state index contributed by atoms with van der Waals surface area (Å²) in [5, 5.41) is 0. The molecule has 0 amide bonds. The van der Waals surface area contributed by atoms with Crippen molar-refractivity contribution in [1.29, 1.82) is 0 Å². The summed E-state index contributed by atoms with van der Waals surface area (Å²) in [6.45, 7) is 2.51. The molecular formula is C18H20FNO. The van der Waals surface area contributed by atoms with Crippen LogP contribution in [-0.2, 0) is 0 Å². The Labute approximate surface area is 124 Å². The minimum atomic E-state index is -0.178. The van der Waals surface area contributed by atoms with Crippen LogP contribution in [-0.4, -0.2) is 6.61 Å². The van der Waals surface area contributed by atoms with E-state index in [1.54, 1.807) is 13.0 Å². The lowest BCUT2D eigenvalue weighted by Gasteiger charge is -2.28. The van der Waals surface area contributed by atoms with Crippen LogP contribution < -0.4 is 10.5 Å². The second-order valence-corrected chi connectivity index (χ2v) is 5.72. The zero-order valence-electron chi connectivity index (χ0n) is 12.2. The smallest absolute Gasteiger partial charge is 0.126 e. The van der Waals surface area contributed by atoms with Gasteiger partial charge in [-0.3, -0.25) is 0 Å². The Balaban J connectivity index is 1.79. The van der Waals surface area contributed by atoms with Gasteiger partial charge in [-0.25, -0.2) is 4.39 Å². The molecule has 2 aromatic rings. The number of aryl methyl sites for hydroxylation is 1. The van der Waals surface area contributed by atoms with Gasteiger partial charge in [-0.05, 0) is 54.5 Å². The third-order valence-corrected chi connectivity index (χ3v) is 4.23. The maximum atomic E-state index is 13.4. The molecule has 0 aromatic heterocycles. The van der Waals surface area contributed by atoms with Gasteiger partial charge in [0.05, 0.1) is 6.61 Å². The van der Waals surface area contributed by atoms with Gasteiger partial charge in [0.25, 0.3) is 0 Å². The highest BCUT2D eigenvalue weighted by Gasteiger charge is 2.23. The van der Waals surface area contributed by atoms with Gasteiger partial charge in [-0.1, -0.05) is 30.3 Å². The van der Waals surface area contributed by atoms with Crippen molar-refractivity contribution in [3.63, 3.8) is 0 Å². The van der Waals surface area contributed by atoms with E-state index in [-0.39, 0.29) is 11.9 Å². The van der Waals surface area contributed by atoms with Crippen molar-refractivity contribution in [2.45, 2.75) is 31.7 Å². The fourth-order valence-electron chi connectivity index (χ4n) is 3.00. The van der Waals surface area contributed by atoms with E-state index in [1.807, 2.05) is 24.3 Å². The van der Waals surface area contributed by atoms with Crippen LogP contribution in [0.4, 0.5) is 4.39 Å². The molecule has 2 nitrogen and oxygen atoms in total. The second-order valence-electron chi connectivity index (χ2n) is 5.72. The molecule has 1 aliphatic rings. The Kier molecular flexibility index (Phi) is 3.93. The first-order valence-electron chi connectivity index (χ1n) is 7.38. The van der Waals surface area contributed by atoms with Crippen molar-refractivity contribution in [2.24, 2.45) is 5.73 Å². The lowest BCUT2D eigenvalue weighted by Crippen LogP contribution is -2.20. The molecule has 2 unspecified atom stereocenters.